The van der Waals surface area contributed by atoms with Crippen LogP contribution >= 0.6 is 0 Å². The van der Waals surface area contributed by atoms with Crippen LogP contribution in [0.25, 0.3) is 0 Å². The molecule has 0 amide bonds. The average molecular weight is 261 g/mol. The highest BCUT2D eigenvalue weighted by atomic mass is 16.8. The summed E-state index contributed by atoms with van der Waals surface area (Å²) in [5.41, 5.74) is 1.13. The molecule has 1 aliphatic carbocycles. The van der Waals surface area contributed by atoms with Crippen LogP contribution in [0.3, 0.4) is 0 Å². The third-order valence-electron chi connectivity index (χ3n) is 4.04. The Balaban J connectivity index is 1.81. The minimum Gasteiger partial charge on any atom is -0.344 e. The molecule has 0 N–H and O–H groups in total. The summed E-state index contributed by atoms with van der Waals surface area (Å²) in [6, 6.07) is 10.1. The highest BCUT2D eigenvalue weighted by Crippen LogP contribution is 2.47. The van der Waals surface area contributed by atoms with E-state index >= 15 is 0 Å². The Labute approximate surface area is 113 Å². The Hall–Kier alpha value is -1.26. The van der Waals surface area contributed by atoms with Crippen LogP contribution in [0.2, 0.25) is 0 Å². The van der Waals surface area contributed by atoms with Crippen LogP contribution in [-0.2, 0) is 9.47 Å². The highest BCUT2D eigenvalue weighted by Gasteiger charge is 2.49. The van der Waals surface area contributed by atoms with E-state index in [1.165, 1.54) is 0 Å². The largest absolute Gasteiger partial charge is 0.344 e. The van der Waals surface area contributed by atoms with Crippen LogP contribution in [0.5, 0.6) is 0 Å². The van der Waals surface area contributed by atoms with E-state index in [9.17, 15) is 4.91 Å². The molecule has 0 bridgehead atoms. The molecule has 3 rings (SSSR count). The molecule has 1 aromatic carbocycles. The van der Waals surface area contributed by atoms with Gasteiger partial charge in [-0.3, -0.25) is 0 Å². The van der Waals surface area contributed by atoms with Gasteiger partial charge in [0.2, 0.25) is 0 Å². The first kappa shape index (κ1) is 12.8. The number of benzene rings is 1. The zero-order valence-electron chi connectivity index (χ0n) is 11.0. The van der Waals surface area contributed by atoms with E-state index in [1.54, 1.807) is 0 Å². The predicted octanol–water partition coefficient (Wildman–Crippen LogP) is 3.57. The molecule has 2 fully saturated rings. The molecule has 2 aliphatic rings. The normalized spacial score (nSPS) is 28.8. The van der Waals surface area contributed by atoms with Gasteiger partial charge in [-0.25, -0.2) is 0 Å². The fraction of sp³-hybridized carbons (Fsp3) is 0.600. The van der Waals surface area contributed by atoms with Gasteiger partial charge < -0.3 is 9.47 Å². The lowest BCUT2D eigenvalue weighted by atomic mass is 10.0. The Morgan fingerprint density at radius 1 is 1.16 bits per heavy atom. The van der Waals surface area contributed by atoms with Crippen LogP contribution in [0.1, 0.15) is 43.8 Å². The summed E-state index contributed by atoms with van der Waals surface area (Å²) in [6.07, 6.45) is 4.73. The fourth-order valence-electron chi connectivity index (χ4n) is 3.14. The first-order valence-electron chi connectivity index (χ1n) is 7.03. The van der Waals surface area contributed by atoms with Crippen LogP contribution in [-0.4, -0.2) is 18.4 Å². The van der Waals surface area contributed by atoms with Crippen LogP contribution < -0.4 is 0 Å². The molecule has 2 atom stereocenters. The van der Waals surface area contributed by atoms with E-state index in [1.807, 2.05) is 18.2 Å². The molecule has 1 aliphatic heterocycles. The van der Waals surface area contributed by atoms with E-state index in [0.29, 0.717) is 6.42 Å². The van der Waals surface area contributed by atoms with E-state index in [0.717, 1.165) is 31.2 Å². The molecule has 102 valence electrons. The Kier molecular flexibility index (Phi) is 3.62. The van der Waals surface area contributed by atoms with Crippen molar-refractivity contribution in [2.24, 2.45) is 5.18 Å². The smallest absolute Gasteiger partial charge is 0.169 e. The molecule has 0 aromatic heterocycles. The van der Waals surface area contributed by atoms with Crippen molar-refractivity contribution >= 4 is 0 Å². The molecule has 1 heterocycles. The van der Waals surface area contributed by atoms with Crippen molar-refractivity contribution in [3.63, 3.8) is 0 Å². The monoisotopic (exact) mass is 261 g/mol. The van der Waals surface area contributed by atoms with Crippen LogP contribution in [0.15, 0.2) is 35.5 Å². The topological polar surface area (TPSA) is 47.9 Å². The number of nitroso groups, excluding NO2 is 1. The molecule has 2 unspecified atom stereocenters. The van der Waals surface area contributed by atoms with Gasteiger partial charge in [0, 0.05) is 12.8 Å². The standard InChI is InChI=1S/C15H19NO3/c17-16-11-8-13-14(12-6-2-1-3-7-12)19-15(18-13)9-4-5-10-15/h1-3,6-7,13-14H,4-5,8-11H2. The molecule has 1 aromatic rings. The second-order valence-electron chi connectivity index (χ2n) is 5.36. The average Bonchev–Trinajstić information content (AvgIpc) is 3.05. The van der Waals surface area contributed by atoms with Gasteiger partial charge in [-0.2, -0.15) is 4.91 Å². The maximum atomic E-state index is 10.4. The molecule has 4 nitrogen and oxygen atoms in total. The van der Waals surface area contributed by atoms with Crippen LogP contribution in [0, 0.1) is 4.91 Å². The fourth-order valence-corrected chi connectivity index (χ4v) is 3.14. The van der Waals surface area contributed by atoms with E-state index < -0.39 is 5.79 Å². The van der Waals surface area contributed by atoms with Crippen molar-refractivity contribution in [2.45, 2.75) is 50.1 Å². The molecular weight excluding hydrogens is 242 g/mol. The van der Waals surface area contributed by atoms with E-state index in [2.05, 4.69) is 17.3 Å². The van der Waals surface area contributed by atoms with Gasteiger partial charge in [-0.05, 0) is 24.8 Å². The van der Waals surface area contributed by atoms with Crippen molar-refractivity contribution < 1.29 is 9.47 Å². The van der Waals surface area contributed by atoms with Crippen molar-refractivity contribution in [3.05, 3.63) is 40.8 Å². The van der Waals surface area contributed by atoms with Crippen LogP contribution in [0.4, 0.5) is 0 Å². The molecule has 1 spiro atoms. The predicted molar refractivity (Wildman–Crippen MR) is 71.6 cm³/mol. The molecule has 1 saturated carbocycles. The Morgan fingerprint density at radius 3 is 2.58 bits per heavy atom. The van der Waals surface area contributed by atoms with Gasteiger partial charge in [0.25, 0.3) is 0 Å². The number of hydrogen-bond acceptors (Lipinski definition) is 4. The summed E-state index contributed by atoms with van der Waals surface area (Å²) in [6.45, 7) is 0.285. The molecule has 0 radical (unpaired) electrons. The lowest BCUT2D eigenvalue weighted by Crippen LogP contribution is -2.26. The SMILES string of the molecule is O=NCCC1OC2(CCCC2)OC1c1ccccc1. The van der Waals surface area contributed by atoms with Gasteiger partial charge in [-0.1, -0.05) is 35.5 Å². The number of hydrogen-bond donors (Lipinski definition) is 0. The first-order chi connectivity index (χ1) is 9.33. The molecule has 1 saturated heterocycles. The highest BCUT2D eigenvalue weighted by molar-refractivity contribution is 5.20. The molecular formula is C15H19NO3. The minimum atomic E-state index is -0.409. The second-order valence-corrected chi connectivity index (χ2v) is 5.36. The van der Waals surface area contributed by atoms with E-state index in [-0.39, 0.29) is 18.8 Å². The Morgan fingerprint density at radius 2 is 1.89 bits per heavy atom. The number of rotatable bonds is 4. The summed E-state index contributed by atoms with van der Waals surface area (Å²) in [5.74, 6) is -0.409. The van der Waals surface area contributed by atoms with Gasteiger partial charge >= 0.3 is 0 Å². The first-order valence-corrected chi connectivity index (χ1v) is 7.03. The molecule has 19 heavy (non-hydrogen) atoms. The lowest BCUT2D eigenvalue weighted by Gasteiger charge is -2.22. The van der Waals surface area contributed by atoms with E-state index in [4.69, 9.17) is 9.47 Å². The van der Waals surface area contributed by atoms with Gasteiger partial charge in [0.1, 0.15) is 6.10 Å². The number of ether oxygens (including phenoxy) is 2. The summed E-state index contributed by atoms with van der Waals surface area (Å²) >= 11 is 0. The van der Waals surface area contributed by atoms with Crippen molar-refractivity contribution in [2.75, 3.05) is 6.54 Å². The van der Waals surface area contributed by atoms with Crippen molar-refractivity contribution in [3.8, 4) is 0 Å². The zero-order chi connectivity index (χ0) is 13.1. The quantitative estimate of drug-likeness (QED) is 0.778. The number of nitrogens with zero attached hydrogens (tertiary/aromatic N) is 1. The minimum absolute atomic E-state index is 0.0572. The third kappa shape index (κ3) is 2.55. The maximum Gasteiger partial charge on any atom is 0.169 e. The lowest BCUT2D eigenvalue weighted by molar-refractivity contribution is -0.170. The Bertz CT molecular complexity index is 428. The maximum absolute atomic E-state index is 10.4. The summed E-state index contributed by atoms with van der Waals surface area (Å²) < 4.78 is 12.4. The second kappa shape index (κ2) is 5.39. The summed E-state index contributed by atoms with van der Waals surface area (Å²) in [7, 11) is 0. The van der Waals surface area contributed by atoms with Gasteiger partial charge in [0.15, 0.2) is 5.79 Å². The van der Waals surface area contributed by atoms with Crippen molar-refractivity contribution in [1.82, 2.24) is 0 Å². The zero-order valence-corrected chi connectivity index (χ0v) is 11.0. The van der Waals surface area contributed by atoms with Crippen molar-refractivity contribution in [1.29, 1.82) is 0 Å². The van der Waals surface area contributed by atoms with Gasteiger partial charge in [-0.15, -0.1) is 0 Å². The summed E-state index contributed by atoms with van der Waals surface area (Å²) in [4.78, 5) is 10.4. The molecule has 4 heteroatoms. The summed E-state index contributed by atoms with van der Waals surface area (Å²) in [5, 5.41) is 2.96. The van der Waals surface area contributed by atoms with Gasteiger partial charge in [0.05, 0.1) is 12.6 Å². The third-order valence-corrected chi connectivity index (χ3v) is 4.04.